The molecule has 0 aromatic heterocycles. The first-order valence-electron chi connectivity index (χ1n) is 8.79. The Bertz CT molecular complexity index is 187. The van der Waals surface area contributed by atoms with Crippen LogP contribution in [0.5, 0.6) is 0 Å². The Kier molecular flexibility index (Phi) is 13.8. The normalized spacial score (nSPS) is 16.1. The van der Waals surface area contributed by atoms with Gasteiger partial charge in [-0.3, -0.25) is 0 Å². The van der Waals surface area contributed by atoms with E-state index in [4.69, 9.17) is 0 Å². The van der Waals surface area contributed by atoms with Gasteiger partial charge in [0.2, 0.25) is 0 Å². The molecular formula is C17H38NO2+. The summed E-state index contributed by atoms with van der Waals surface area (Å²) >= 11 is 0. The molecule has 0 spiro atoms. The van der Waals surface area contributed by atoms with Crippen LogP contribution in [-0.2, 0) is 0 Å². The van der Waals surface area contributed by atoms with E-state index in [9.17, 15) is 10.2 Å². The molecule has 4 N–H and O–H groups in total. The lowest BCUT2D eigenvalue weighted by atomic mass is 10.1. The van der Waals surface area contributed by atoms with Gasteiger partial charge < -0.3 is 15.5 Å². The summed E-state index contributed by atoms with van der Waals surface area (Å²) in [6.07, 6.45) is 12.6. The average Bonchev–Trinajstić information content (AvgIpc) is 2.39. The molecule has 2 atom stereocenters. The Morgan fingerprint density at radius 2 is 1.10 bits per heavy atom. The van der Waals surface area contributed by atoms with E-state index in [1.165, 1.54) is 64.2 Å². The number of aliphatic hydroxyl groups is 2. The highest BCUT2D eigenvalue weighted by Gasteiger charge is 2.22. The molecule has 0 rings (SSSR count). The molecule has 0 heterocycles. The summed E-state index contributed by atoms with van der Waals surface area (Å²) in [6, 6.07) is -0.0754. The standard InChI is InChI=1S/C17H37NO2/c1-4-5-6-7-8-9-10-11-12-13-14-18-17(15(2)19)16(3)20/h15-20H,4-14H2,1-3H3/p+1. The highest BCUT2D eigenvalue weighted by molar-refractivity contribution is 4.66. The zero-order chi connectivity index (χ0) is 15.2. The van der Waals surface area contributed by atoms with Crippen molar-refractivity contribution in [2.75, 3.05) is 6.54 Å². The Hall–Kier alpha value is -0.120. The van der Waals surface area contributed by atoms with Crippen molar-refractivity contribution in [1.29, 1.82) is 0 Å². The van der Waals surface area contributed by atoms with Gasteiger partial charge in [0.25, 0.3) is 0 Å². The molecule has 0 saturated heterocycles. The van der Waals surface area contributed by atoms with Crippen molar-refractivity contribution in [2.45, 2.75) is 103 Å². The van der Waals surface area contributed by atoms with Crippen LogP contribution in [0.3, 0.4) is 0 Å². The number of nitrogens with two attached hydrogens (primary N) is 1. The molecule has 0 radical (unpaired) electrons. The number of quaternary nitrogens is 1. The van der Waals surface area contributed by atoms with E-state index in [1.54, 1.807) is 13.8 Å². The number of hydrogen-bond acceptors (Lipinski definition) is 2. The SMILES string of the molecule is CCCCCCCCCCCC[NH2+]C(C(C)O)C(C)O. The molecule has 0 fully saturated rings. The van der Waals surface area contributed by atoms with Crippen LogP contribution in [0.1, 0.15) is 85.0 Å². The Balaban J connectivity index is 3.27. The summed E-state index contributed by atoms with van der Waals surface area (Å²) in [5, 5.41) is 21.2. The van der Waals surface area contributed by atoms with E-state index in [-0.39, 0.29) is 6.04 Å². The number of rotatable bonds is 14. The molecule has 0 aliphatic rings. The van der Waals surface area contributed by atoms with Gasteiger partial charge in [-0.2, -0.15) is 0 Å². The van der Waals surface area contributed by atoms with E-state index < -0.39 is 12.2 Å². The first-order chi connectivity index (χ1) is 9.59. The molecule has 20 heavy (non-hydrogen) atoms. The highest BCUT2D eigenvalue weighted by atomic mass is 16.3. The minimum absolute atomic E-state index is 0.0754. The topological polar surface area (TPSA) is 57.1 Å². The third kappa shape index (κ3) is 11.7. The molecule has 3 nitrogen and oxygen atoms in total. The smallest absolute Gasteiger partial charge is 0.138 e. The highest BCUT2D eigenvalue weighted by Crippen LogP contribution is 2.10. The van der Waals surface area contributed by atoms with Crippen molar-refractivity contribution < 1.29 is 15.5 Å². The zero-order valence-electron chi connectivity index (χ0n) is 14.0. The van der Waals surface area contributed by atoms with Crippen LogP contribution in [-0.4, -0.2) is 35.0 Å². The molecule has 3 heteroatoms. The molecule has 0 saturated carbocycles. The van der Waals surface area contributed by atoms with Gasteiger partial charge in [0.15, 0.2) is 0 Å². The zero-order valence-corrected chi connectivity index (χ0v) is 14.0. The molecule has 0 aromatic rings. The van der Waals surface area contributed by atoms with Gasteiger partial charge in [-0.15, -0.1) is 0 Å². The van der Waals surface area contributed by atoms with E-state index in [0.29, 0.717) is 0 Å². The van der Waals surface area contributed by atoms with Gasteiger partial charge in [0.05, 0.1) is 6.54 Å². The predicted molar refractivity (Wildman–Crippen MR) is 85.8 cm³/mol. The molecule has 0 bridgehead atoms. The van der Waals surface area contributed by atoms with Crippen LogP contribution in [0, 0.1) is 0 Å². The maximum absolute atomic E-state index is 9.55. The fraction of sp³-hybridized carbons (Fsp3) is 1.00. The fourth-order valence-corrected chi connectivity index (χ4v) is 2.74. The lowest BCUT2D eigenvalue weighted by molar-refractivity contribution is -0.703. The average molecular weight is 288 g/mol. The van der Waals surface area contributed by atoms with Crippen LogP contribution >= 0.6 is 0 Å². The van der Waals surface area contributed by atoms with Gasteiger partial charge in [0.1, 0.15) is 18.2 Å². The summed E-state index contributed by atoms with van der Waals surface area (Å²) in [7, 11) is 0. The third-order valence-electron chi connectivity index (χ3n) is 4.11. The largest absolute Gasteiger partial charge is 0.387 e. The first-order valence-corrected chi connectivity index (χ1v) is 8.79. The van der Waals surface area contributed by atoms with Crippen molar-refractivity contribution >= 4 is 0 Å². The van der Waals surface area contributed by atoms with Crippen LogP contribution in [0.2, 0.25) is 0 Å². The van der Waals surface area contributed by atoms with Crippen molar-refractivity contribution in [3.05, 3.63) is 0 Å². The van der Waals surface area contributed by atoms with E-state index >= 15 is 0 Å². The Morgan fingerprint density at radius 1 is 0.700 bits per heavy atom. The lowest BCUT2D eigenvalue weighted by Crippen LogP contribution is -2.94. The fourth-order valence-electron chi connectivity index (χ4n) is 2.74. The number of unbranched alkanes of at least 4 members (excludes halogenated alkanes) is 9. The minimum Gasteiger partial charge on any atom is -0.387 e. The van der Waals surface area contributed by atoms with Crippen molar-refractivity contribution in [1.82, 2.24) is 0 Å². The Morgan fingerprint density at radius 3 is 1.50 bits per heavy atom. The van der Waals surface area contributed by atoms with E-state index in [2.05, 4.69) is 12.2 Å². The molecule has 0 aliphatic carbocycles. The molecular weight excluding hydrogens is 250 g/mol. The summed E-state index contributed by atoms with van der Waals surface area (Å²) in [5.74, 6) is 0. The quantitative estimate of drug-likeness (QED) is 0.430. The van der Waals surface area contributed by atoms with Crippen LogP contribution in [0.4, 0.5) is 0 Å². The molecule has 2 unspecified atom stereocenters. The molecule has 0 amide bonds. The van der Waals surface area contributed by atoms with Gasteiger partial charge in [-0.1, -0.05) is 58.3 Å². The van der Waals surface area contributed by atoms with Crippen LogP contribution in [0.25, 0.3) is 0 Å². The summed E-state index contributed by atoms with van der Waals surface area (Å²) < 4.78 is 0. The van der Waals surface area contributed by atoms with Gasteiger partial charge in [0, 0.05) is 0 Å². The minimum atomic E-state index is -0.446. The third-order valence-corrected chi connectivity index (χ3v) is 4.11. The van der Waals surface area contributed by atoms with Crippen molar-refractivity contribution in [2.24, 2.45) is 0 Å². The van der Waals surface area contributed by atoms with Gasteiger partial charge in [-0.05, 0) is 26.7 Å². The monoisotopic (exact) mass is 288 g/mol. The second kappa shape index (κ2) is 13.8. The maximum Gasteiger partial charge on any atom is 0.138 e. The van der Waals surface area contributed by atoms with Crippen molar-refractivity contribution in [3.63, 3.8) is 0 Å². The first kappa shape index (κ1) is 19.9. The number of hydrogen-bond donors (Lipinski definition) is 3. The summed E-state index contributed by atoms with van der Waals surface area (Å²) in [4.78, 5) is 0. The van der Waals surface area contributed by atoms with Crippen LogP contribution in [0.15, 0.2) is 0 Å². The molecule has 122 valence electrons. The summed E-state index contributed by atoms with van der Waals surface area (Å²) in [6.45, 7) is 6.78. The molecule has 0 aromatic carbocycles. The molecule has 0 aliphatic heterocycles. The van der Waals surface area contributed by atoms with Crippen LogP contribution < -0.4 is 5.32 Å². The second-order valence-electron chi connectivity index (χ2n) is 6.26. The second-order valence-corrected chi connectivity index (χ2v) is 6.26. The van der Waals surface area contributed by atoms with Crippen molar-refractivity contribution in [3.8, 4) is 0 Å². The van der Waals surface area contributed by atoms with E-state index in [0.717, 1.165) is 6.54 Å². The maximum atomic E-state index is 9.55. The Labute approximate surface area is 126 Å². The lowest BCUT2D eigenvalue weighted by Gasteiger charge is -2.20. The summed E-state index contributed by atoms with van der Waals surface area (Å²) in [5.41, 5.74) is 0. The van der Waals surface area contributed by atoms with Gasteiger partial charge in [-0.25, -0.2) is 0 Å². The predicted octanol–water partition coefficient (Wildman–Crippen LogP) is 2.60. The van der Waals surface area contributed by atoms with Gasteiger partial charge >= 0.3 is 0 Å². The van der Waals surface area contributed by atoms with E-state index in [1.807, 2.05) is 0 Å². The number of aliphatic hydroxyl groups excluding tert-OH is 2.